The summed E-state index contributed by atoms with van der Waals surface area (Å²) in [6, 6.07) is 0.294. The number of aromatic nitrogens is 2. The number of hydrogen-bond donors (Lipinski definition) is 1. The minimum absolute atomic E-state index is 0.167. The van der Waals surface area contributed by atoms with E-state index in [1.54, 1.807) is 0 Å². The molecule has 1 aromatic rings. The fourth-order valence-electron chi connectivity index (χ4n) is 3.91. The predicted molar refractivity (Wildman–Crippen MR) is 91.5 cm³/mol. The van der Waals surface area contributed by atoms with E-state index in [-0.39, 0.29) is 5.54 Å². The Morgan fingerprint density at radius 2 is 1.95 bits per heavy atom. The average Bonchev–Trinajstić information content (AvgIpc) is 2.68. The zero-order valence-electron chi connectivity index (χ0n) is 13.8. The lowest BCUT2D eigenvalue weighted by atomic mass is 9.79. The van der Waals surface area contributed by atoms with Crippen LogP contribution in [0.2, 0.25) is 0 Å². The van der Waals surface area contributed by atoms with Crippen LogP contribution in [-0.2, 0) is 6.54 Å². The lowest BCUT2D eigenvalue weighted by molar-refractivity contribution is 0.0792. The molecule has 0 amide bonds. The molecule has 0 spiro atoms. The quantitative estimate of drug-likeness (QED) is 0.818. The number of rotatable bonds is 5. The van der Waals surface area contributed by atoms with Crippen LogP contribution in [0.15, 0.2) is 10.7 Å². The van der Waals surface area contributed by atoms with Gasteiger partial charge in [-0.15, -0.1) is 0 Å². The first-order chi connectivity index (χ1) is 10.1. The van der Waals surface area contributed by atoms with Gasteiger partial charge in [0.05, 0.1) is 22.4 Å². The molecule has 1 N–H and O–H groups in total. The molecule has 0 radical (unpaired) electrons. The lowest BCUT2D eigenvalue weighted by Gasteiger charge is -2.46. The van der Waals surface area contributed by atoms with Crippen molar-refractivity contribution in [2.45, 2.75) is 63.6 Å². The first kappa shape index (κ1) is 17.0. The van der Waals surface area contributed by atoms with Crippen LogP contribution in [0.1, 0.15) is 57.2 Å². The highest BCUT2D eigenvalue weighted by atomic mass is 79.9. The highest BCUT2D eigenvalue weighted by Gasteiger charge is 2.43. The van der Waals surface area contributed by atoms with Crippen LogP contribution in [-0.4, -0.2) is 41.4 Å². The van der Waals surface area contributed by atoms with Crippen LogP contribution in [0.25, 0.3) is 0 Å². The Labute approximate surface area is 137 Å². The molecule has 0 aliphatic heterocycles. The third-order valence-electron chi connectivity index (χ3n) is 5.09. The minimum atomic E-state index is 0.167. The zero-order chi connectivity index (χ0) is 15.5. The van der Waals surface area contributed by atoms with Crippen molar-refractivity contribution in [3.05, 3.63) is 16.4 Å². The Morgan fingerprint density at radius 1 is 1.33 bits per heavy atom. The molecule has 1 aromatic heterocycles. The molecule has 1 saturated carbocycles. The number of halogens is 1. The summed E-state index contributed by atoms with van der Waals surface area (Å²) in [5.41, 5.74) is 1.45. The monoisotopic (exact) mass is 356 g/mol. The molecule has 1 aliphatic carbocycles. The maximum absolute atomic E-state index is 4.52. The topological polar surface area (TPSA) is 33.1 Å². The second-order valence-corrected chi connectivity index (χ2v) is 7.18. The number of nitrogens with one attached hydrogen (secondary N) is 1. The van der Waals surface area contributed by atoms with Gasteiger partial charge in [-0.2, -0.15) is 5.10 Å². The van der Waals surface area contributed by atoms with Gasteiger partial charge in [-0.1, -0.05) is 25.7 Å². The average molecular weight is 357 g/mol. The Balaban J connectivity index is 2.46. The first-order valence-electron chi connectivity index (χ1n) is 8.12. The van der Waals surface area contributed by atoms with E-state index < -0.39 is 0 Å². The summed E-state index contributed by atoms with van der Waals surface area (Å²) < 4.78 is 3.25. The minimum Gasteiger partial charge on any atom is -0.310 e. The van der Waals surface area contributed by atoms with E-state index in [2.05, 4.69) is 64.0 Å². The SMILES string of the molecule is CCn1ncc(Br)c1C(NC)C1(N(C)C)CCCCCC1. The van der Waals surface area contributed by atoms with E-state index in [1.807, 2.05) is 6.20 Å². The molecule has 2 rings (SSSR count). The van der Waals surface area contributed by atoms with E-state index in [9.17, 15) is 0 Å². The molecule has 120 valence electrons. The number of nitrogens with zero attached hydrogens (tertiary/aromatic N) is 3. The standard InChI is InChI=1S/C16H29BrN4/c1-5-21-14(13(17)12-19-21)15(18-2)16(20(3)4)10-8-6-7-9-11-16/h12,15,18H,5-11H2,1-4H3. The van der Waals surface area contributed by atoms with Crippen LogP contribution in [0, 0.1) is 0 Å². The summed E-state index contributed by atoms with van der Waals surface area (Å²) in [7, 11) is 6.55. The van der Waals surface area contributed by atoms with E-state index >= 15 is 0 Å². The van der Waals surface area contributed by atoms with Gasteiger partial charge in [0, 0.05) is 12.1 Å². The maximum atomic E-state index is 4.52. The Hall–Kier alpha value is -0.390. The van der Waals surface area contributed by atoms with Crippen LogP contribution >= 0.6 is 15.9 Å². The van der Waals surface area contributed by atoms with Crippen molar-refractivity contribution >= 4 is 15.9 Å². The summed E-state index contributed by atoms with van der Waals surface area (Å²) in [6.45, 7) is 3.06. The van der Waals surface area contributed by atoms with Gasteiger partial charge in [0.15, 0.2) is 0 Å². The van der Waals surface area contributed by atoms with Gasteiger partial charge in [-0.05, 0) is 56.8 Å². The highest BCUT2D eigenvalue weighted by Crippen LogP contribution is 2.42. The second-order valence-electron chi connectivity index (χ2n) is 6.33. The van der Waals surface area contributed by atoms with Gasteiger partial charge in [0.25, 0.3) is 0 Å². The molecule has 0 saturated heterocycles. The summed E-state index contributed by atoms with van der Waals surface area (Å²) in [5.74, 6) is 0. The summed E-state index contributed by atoms with van der Waals surface area (Å²) >= 11 is 3.72. The van der Waals surface area contributed by atoms with E-state index in [0.717, 1.165) is 11.0 Å². The van der Waals surface area contributed by atoms with Gasteiger partial charge in [0.1, 0.15) is 0 Å². The Kier molecular flexibility index (Phi) is 5.86. The van der Waals surface area contributed by atoms with Gasteiger partial charge < -0.3 is 10.2 Å². The van der Waals surface area contributed by atoms with Crippen LogP contribution in [0.4, 0.5) is 0 Å². The van der Waals surface area contributed by atoms with Crippen molar-refractivity contribution in [2.24, 2.45) is 0 Å². The normalized spacial score (nSPS) is 20.5. The molecule has 21 heavy (non-hydrogen) atoms. The van der Waals surface area contributed by atoms with Crippen molar-refractivity contribution in [1.29, 1.82) is 0 Å². The predicted octanol–water partition coefficient (Wildman–Crippen LogP) is 3.58. The summed E-state index contributed by atoms with van der Waals surface area (Å²) in [5, 5.41) is 8.13. The lowest BCUT2D eigenvalue weighted by Crippen LogP contribution is -2.53. The van der Waals surface area contributed by atoms with E-state index in [4.69, 9.17) is 0 Å². The second kappa shape index (κ2) is 7.25. The van der Waals surface area contributed by atoms with Crippen LogP contribution in [0.5, 0.6) is 0 Å². The molecule has 1 unspecified atom stereocenters. The van der Waals surface area contributed by atoms with Crippen molar-refractivity contribution in [3.63, 3.8) is 0 Å². The highest BCUT2D eigenvalue weighted by molar-refractivity contribution is 9.10. The van der Waals surface area contributed by atoms with Gasteiger partial charge in [0.2, 0.25) is 0 Å². The molecule has 1 heterocycles. The fourth-order valence-corrected chi connectivity index (χ4v) is 4.43. The van der Waals surface area contributed by atoms with Crippen molar-refractivity contribution in [3.8, 4) is 0 Å². The van der Waals surface area contributed by atoms with Gasteiger partial charge in [-0.25, -0.2) is 0 Å². The molecular formula is C16H29BrN4. The molecular weight excluding hydrogens is 328 g/mol. The number of aryl methyl sites for hydroxylation is 1. The Morgan fingerprint density at radius 3 is 2.43 bits per heavy atom. The summed E-state index contributed by atoms with van der Waals surface area (Å²) in [4.78, 5) is 2.44. The largest absolute Gasteiger partial charge is 0.310 e. The third kappa shape index (κ3) is 3.20. The summed E-state index contributed by atoms with van der Waals surface area (Å²) in [6.07, 6.45) is 9.77. The van der Waals surface area contributed by atoms with Crippen LogP contribution < -0.4 is 5.32 Å². The van der Waals surface area contributed by atoms with E-state index in [1.165, 1.54) is 44.2 Å². The van der Waals surface area contributed by atoms with Crippen molar-refractivity contribution in [1.82, 2.24) is 20.0 Å². The fraction of sp³-hybridized carbons (Fsp3) is 0.812. The molecule has 4 nitrogen and oxygen atoms in total. The molecule has 0 bridgehead atoms. The molecule has 1 atom stereocenters. The zero-order valence-corrected chi connectivity index (χ0v) is 15.4. The number of hydrogen-bond acceptors (Lipinski definition) is 3. The van der Waals surface area contributed by atoms with Gasteiger partial charge in [-0.3, -0.25) is 4.68 Å². The Bertz CT molecular complexity index is 447. The smallest absolute Gasteiger partial charge is 0.0714 e. The molecule has 1 aliphatic rings. The van der Waals surface area contributed by atoms with Crippen LogP contribution in [0.3, 0.4) is 0 Å². The van der Waals surface area contributed by atoms with E-state index in [0.29, 0.717) is 6.04 Å². The van der Waals surface area contributed by atoms with Crippen molar-refractivity contribution in [2.75, 3.05) is 21.1 Å². The number of likely N-dealkylation sites (N-methyl/N-ethyl adjacent to an activating group) is 2. The first-order valence-corrected chi connectivity index (χ1v) is 8.92. The maximum Gasteiger partial charge on any atom is 0.0714 e. The molecule has 0 aromatic carbocycles. The molecule has 5 heteroatoms. The molecule has 1 fully saturated rings. The van der Waals surface area contributed by atoms with Gasteiger partial charge >= 0.3 is 0 Å². The third-order valence-corrected chi connectivity index (χ3v) is 5.70. The van der Waals surface area contributed by atoms with Crippen molar-refractivity contribution < 1.29 is 0 Å².